The van der Waals surface area contributed by atoms with Gasteiger partial charge in [0.05, 0.1) is 17.3 Å². The number of aliphatic hydroxyl groups is 2. The molecule has 0 amide bonds. The number of rotatable bonds is 8. The van der Waals surface area contributed by atoms with Crippen LogP contribution in [0.3, 0.4) is 0 Å². The van der Waals surface area contributed by atoms with Crippen LogP contribution in [-0.2, 0) is 29.0 Å². The summed E-state index contributed by atoms with van der Waals surface area (Å²) < 4.78 is 5.37. The Hall–Kier alpha value is -2.92. The van der Waals surface area contributed by atoms with Gasteiger partial charge in [-0.2, -0.15) is 0 Å². The highest BCUT2D eigenvalue weighted by Crippen LogP contribution is 2.31. The fraction of sp³-hybridized carbons (Fsp3) is 0.409. The van der Waals surface area contributed by atoms with Crippen molar-refractivity contribution < 1.29 is 34.8 Å². The Labute approximate surface area is 196 Å². The number of pyridine rings is 1. The summed E-state index contributed by atoms with van der Waals surface area (Å²) in [5.74, 6) is -2.88. The molecule has 0 bridgehead atoms. The van der Waals surface area contributed by atoms with Crippen LogP contribution in [0, 0.1) is 0 Å². The van der Waals surface area contributed by atoms with E-state index in [9.17, 15) is 9.59 Å². The van der Waals surface area contributed by atoms with Crippen molar-refractivity contribution in [1.29, 1.82) is 0 Å². The monoisotopic (exact) mass is 481 g/mol. The predicted molar refractivity (Wildman–Crippen MR) is 122 cm³/mol. The van der Waals surface area contributed by atoms with E-state index in [1.807, 2.05) is 31.3 Å². The number of aromatic nitrogens is 1. The molecule has 1 aliphatic rings. The number of halogens is 1. The first-order valence-corrected chi connectivity index (χ1v) is 10.8. The maximum Gasteiger partial charge on any atom is 0.335 e. The zero-order valence-electron chi connectivity index (χ0n) is 18.1. The normalized spacial score (nSPS) is 14.5. The number of hydrogen-bond acceptors (Lipinski definition) is 8. The van der Waals surface area contributed by atoms with Crippen LogP contribution in [0.2, 0.25) is 5.02 Å². The van der Waals surface area contributed by atoms with E-state index >= 15 is 0 Å². The van der Waals surface area contributed by atoms with Gasteiger partial charge in [-0.05, 0) is 55.6 Å². The minimum Gasteiger partial charge on any atom is -0.479 e. The summed E-state index contributed by atoms with van der Waals surface area (Å²) in [5, 5.41) is 40.2. The molecular weight excluding hydrogens is 454 g/mol. The molecular formula is C22H28ClN3O7. The molecule has 3 rings (SSSR count). The number of aliphatic carboxylic acids is 2. The molecule has 0 unspecified atom stereocenters. The van der Waals surface area contributed by atoms with Crippen LogP contribution in [0.1, 0.15) is 23.6 Å². The van der Waals surface area contributed by atoms with Gasteiger partial charge in [-0.3, -0.25) is 0 Å². The van der Waals surface area contributed by atoms with Gasteiger partial charge in [0.25, 0.3) is 0 Å². The van der Waals surface area contributed by atoms with Crippen molar-refractivity contribution in [3.8, 4) is 5.88 Å². The van der Waals surface area contributed by atoms with Crippen LogP contribution in [0.5, 0.6) is 5.88 Å². The highest BCUT2D eigenvalue weighted by Gasteiger charge is 2.29. The van der Waals surface area contributed by atoms with E-state index in [1.165, 1.54) is 11.1 Å². The average molecular weight is 482 g/mol. The minimum absolute atomic E-state index is 0.629. The molecule has 180 valence electrons. The lowest BCUT2D eigenvalue weighted by molar-refractivity contribution is -0.165. The second kappa shape index (κ2) is 12.9. The molecule has 0 saturated carbocycles. The molecule has 0 spiro atoms. The second-order valence-corrected chi connectivity index (χ2v) is 7.57. The number of fused-ring (bicyclic) bond motifs is 1. The number of carbonyl (C=O) groups is 2. The first kappa shape index (κ1) is 26.3. The number of carboxylic acid groups (broad SMARTS) is 2. The molecule has 33 heavy (non-hydrogen) atoms. The lowest BCUT2D eigenvalue weighted by atomic mass is 10.0. The summed E-state index contributed by atoms with van der Waals surface area (Å²) in [6.45, 7) is 5.30. The Morgan fingerprint density at radius 1 is 1.12 bits per heavy atom. The maximum absolute atomic E-state index is 9.77. The Morgan fingerprint density at radius 3 is 2.36 bits per heavy atom. The van der Waals surface area contributed by atoms with Crippen molar-refractivity contribution in [3.05, 3.63) is 52.2 Å². The molecule has 1 aromatic carbocycles. The highest BCUT2D eigenvalue weighted by atomic mass is 35.5. The van der Waals surface area contributed by atoms with E-state index in [0.29, 0.717) is 19.0 Å². The molecule has 0 fully saturated rings. The van der Waals surface area contributed by atoms with Gasteiger partial charge in [0.1, 0.15) is 0 Å². The van der Waals surface area contributed by atoms with E-state index < -0.39 is 24.1 Å². The van der Waals surface area contributed by atoms with Crippen LogP contribution >= 0.6 is 11.6 Å². The zero-order valence-corrected chi connectivity index (χ0v) is 18.9. The highest BCUT2D eigenvalue weighted by molar-refractivity contribution is 6.33. The summed E-state index contributed by atoms with van der Waals surface area (Å²) >= 11 is 6.43. The van der Waals surface area contributed by atoms with Gasteiger partial charge in [-0.25, -0.2) is 14.6 Å². The number of ether oxygens (including phenoxy) is 1. The van der Waals surface area contributed by atoms with Crippen LogP contribution in [0.25, 0.3) is 0 Å². The molecule has 0 aliphatic carbocycles. The molecule has 11 heteroatoms. The zero-order chi connectivity index (χ0) is 24.4. The molecule has 2 heterocycles. The Kier molecular flexibility index (Phi) is 10.3. The minimum atomic E-state index is -2.27. The third-order valence-electron chi connectivity index (χ3n) is 4.85. The topological polar surface area (TPSA) is 161 Å². The number of carboxylic acids is 2. The Morgan fingerprint density at radius 2 is 1.79 bits per heavy atom. The van der Waals surface area contributed by atoms with Crippen molar-refractivity contribution >= 4 is 29.2 Å². The average Bonchev–Trinajstić information content (AvgIpc) is 3.04. The Bertz CT molecular complexity index is 922. The third kappa shape index (κ3) is 7.86. The first-order chi connectivity index (χ1) is 15.7. The van der Waals surface area contributed by atoms with Crippen LogP contribution < -0.4 is 15.4 Å². The van der Waals surface area contributed by atoms with Crippen LogP contribution in [0.15, 0.2) is 30.5 Å². The number of nitrogens with one attached hydrogen (secondary N) is 2. The number of nitrogens with zero attached hydrogens (tertiary/aromatic N) is 1. The molecule has 10 nitrogen and oxygen atoms in total. The molecule has 2 atom stereocenters. The standard InChI is InChI=1S/C18H22ClN3O.C4H6O6/c1-2-23-17-6-3-13(11-21-17)12-22-18-15-8-10-20-9-7-14(15)4-5-16(18)19;5-1(3(7)8)2(6)4(9)10/h3-6,11,20,22H,2,7-10,12H2,1H3;1-2,5-6H,(H,7,8)(H,9,10)/t;1-,2-/m.1/s1. The van der Waals surface area contributed by atoms with Gasteiger partial charge in [0.15, 0.2) is 12.2 Å². The lowest BCUT2D eigenvalue weighted by Crippen LogP contribution is -2.39. The predicted octanol–water partition coefficient (Wildman–Crippen LogP) is 1.31. The van der Waals surface area contributed by atoms with Gasteiger partial charge in [-0.1, -0.05) is 23.7 Å². The molecule has 0 radical (unpaired) electrons. The van der Waals surface area contributed by atoms with Crippen molar-refractivity contribution in [2.45, 2.75) is 38.5 Å². The molecule has 6 N–H and O–H groups in total. The maximum atomic E-state index is 9.77. The molecule has 2 aromatic rings. The fourth-order valence-electron chi connectivity index (χ4n) is 3.14. The van der Waals surface area contributed by atoms with E-state index in [-0.39, 0.29) is 0 Å². The van der Waals surface area contributed by atoms with Gasteiger partial charge >= 0.3 is 11.9 Å². The SMILES string of the molecule is CCOc1ccc(CNc2c(Cl)ccc3c2CCNCC3)cn1.O=C(O)[C@H](O)[C@@H](O)C(=O)O. The first-order valence-electron chi connectivity index (χ1n) is 10.4. The van der Waals surface area contributed by atoms with Crippen molar-refractivity contribution in [3.63, 3.8) is 0 Å². The van der Waals surface area contributed by atoms with E-state index in [1.54, 1.807) is 0 Å². The second-order valence-electron chi connectivity index (χ2n) is 7.17. The number of anilines is 1. The summed E-state index contributed by atoms with van der Waals surface area (Å²) in [5.41, 5.74) is 4.88. The summed E-state index contributed by atoms with van der Waals surface area (Å²) in [6, 6.07) is 8.07. The molecule has 1 aliphatic heterocycles. The van der Waals surface area contributed by atoms with Crippen LogP contribution in [-0.4, -0.2) is 69.3 Å². The van der Waals surface area contributed by atoms with Crippen molar-refractivity contribution in [2.75, 3.05) is 25.0 Å². The largest absolute Gasteiger partial charge is 0.479 e. The van der Waals surface area contributed by atoms with Crippen LogP contribution in [0.4, 0.5) is 5.69 Å². The smallest absolute Gasteiger partial charge is 0.335 e. The quantitative estimate of drug-likeness (QED) is 0.324. The Balaban J connectivity index is 0.000000328. The molecule has 1 aromatic heterocycles. The van der Waals surface area contributed by atoms with E-state index in [0.717, 1.165) is 42.2 Å². The van der Waals surface area contributed by atoms with Gasteiger partial charge in [-0.15, -0.1) is 0 Å². The summed E-state index contributed by atoms with van der Waals surface area (Å²) in [4.78, 5) is 23.8. The number of hydrogen-bond donors (Lipinski definition) is 6. The van der Waals surface area contributed by atoms with E-state index in [4.69, 9.17) is 36.8 Å². The number of benzene rings is 1. The third-order valence-corrected chi connectivity index (χ3v) is 5.16. The van der Waals surface area contributed by atoms with E-state index in [2.05, 4.69) is 21.7 Å². The summed E-state index contributed by atoms with van der Waals surface area (Å²) in [6.07, 6.45) is -0.643. The van der Waals surface area contributed by atoms with Gasteiger partial charge in [0.2, 0.25) is 5.88 Å². The summed E-state index contributed by atoms with van der Waals surface area (Å²) in [7, 11) is 0. The lowest BCUT2D eigenvalue weighted by Gasteiger charge is -2.16. The molecule has 0 saturated heterocycles. The number of aliphatic hydroxyl groups excluding tert-OH is 2. The van der Waals surface area contributed by atoms with Gasteiger partial charge < -0.3 is 35.8 Å². The van der Waals surface area contributed by atoms with Gasteiger partial charge in [0, 0.05) is 18.8 Å². The van der Waals surface area contributed by atoms with Crippen molar-refractivity contribution in [2.24, 2.45) is 0 Å². The van der Waals surface area contributed by atoms with Crippen molar-refractivity contribution in [1.82, 2.24) is 10.3 Å². The fourth-order valence-corrected chi connectivity index (χ4v) is 3.39.